The third-order valence-electron chi connectivity index (χ3n) is 1.37. The van der Waals surface area contributed by atoms with Gasteiger partial charge in [-0.3, -0.25) is 4.79 Å². The lowest BCUT2D eigenvalue weighted by atomic mass is 10.2. The van der Waals surface area contributed by atoms with Gasteiger partial charge in [-0.05, 0) is 24.4 Å². The van der Waals surface area contributed by atoms with Crippen LogP contribution in [-0.4, -0.2) is 11.1 Å². The zero-order chi connectivity index (χ0) is 10.7. The van der Waals surface area contributed by atoms with Gasteiger partial charge in [-0.15, -0.1) is 0 Å². The lowest BCUT2D eigenvalue weighted by molar-refractivity contribution is 0.0996. The molecule has 72 valence electrons. The lowest BCUT2D eigenvalue weighted by Crippen LogP contribution is -2.02. The van der Waals surface area contributed by atoms with Crippen molar-refractivity contribution in [1.29, 1.82) is 0 Å². The van der Waals surface area contributed by atoms with E-state index in [4.69, 9.17) is 0 Å². The normalized spacial score (nSPS) is 9.36. The first kappa shape index (κ1) is 11.1. The van der Waals surface area contributed by atoms with Gasteiger partial charge in [0.05, 0.1) is 5.16 Å². The molecule has 0 bridgehead atoms. The van der Waals surface area contributed by atoms with E-state index in [1.165, 1.54) is 0 Å². The smallest absolute Gasteiger partial charge is 0.266 e. The molecule has 0 N–H and O–H groups in total. The Hall–Kier alpha value is -0.970. The van der Waals surface area contributed by atoms with E-state index in [0.29, 0.717) is 0 Å². The highest BCUT2D eigenvalue weighted by atomic mass is 79.9. The number of isothiocyanates is 1. The van der Waals surface area contributed by atoms with Crippen LogP contribution in [0.3, 0.4) is 0 Å². The molecule has 1 amide bonds. The predicted molar refractivity (Wildman–Crippen MR) is 53.4 cm³/mol. The van der Waals surface area contributed by atoms with Crippen molar-refractivity contribution in [1.82, 2.24) is 0 Å². The molecule has 0 fully saturated rings. The topological polar surface area (TPSA) is 29.4 Å². The summed E-state index contributed by atoms with van der Waals surface area (Å²) < 4.78 is 26.3. The summed E-state index contributed by atoms with van der Waals surface area (Å²) in [4.78, 5) is 14.0. The molecule has 0 aromatic heterocycles. The van der Waals surface area contributed by atoms with E-state index in [2.05, 4.69) is 33.1 Å². The Morgan fingerprint density at radius 2 is 1.93 bits per heavy atom. The molecule has 2 nitrogen and oxygen atoms in total. The largest absolute Gasteiger partial charge is 0.291 e. The van der Waals surface area contributed by atoms with E-state index >= 15 is 0 Å². The number of hydrogen-bond acceptors (Lipinski definition) is 2. The number of benzene rings is 1. The van der Waals surface area contributed by atoms with Crippen LogP contribution in [0.15, 0.2) is 21.6 Å². The van der Waals surface area contributed by atoms with Crippen molar-refractivity contribution in [2.24, 2.45) is 4.99 Å². The zero-order valence-corrected chi connectivity index (χ0v) is 8.95. The minimum Gasteiger partial charge on any atom is -0.266 e. The Bertz CT molecular complexity index is 420. The van der Waals surface area contributed by atoms with E-state index < -0.39 is 23.1 Å². The van der Waals surface area contributed by atoms with Crippen LogP contribution in [0.1, 0.15) is 10.4 Å². The number of nitrogens with zero attached hydrogens (tertiary/aromatic N) is 1. The van der Waals surface area contributed by atoms with Crippen molar-refractivity contribution in [3.05, 3.63) is 33.8 Å². The fraction of sp³-hybridized carbons (Fsp3) is 0. The number of carbonyl (C=O) groups excluding carboxylic acids is 1. The second-order valence-corrected chi connectivity index (χ2v) is 3.35. The molecule has 0 radical (unpaired) electrons. The van der Waals surface area contributed by atoms with Gasteiger partial charge in [0.2, 0.25) is 0 Å². The van der Waals surface area contributed by atoms with E-state index in [1.54, 1.807) is 5.16 Å². The van der Waals surface area contributed by atoms with Crippen molar-refractivity contribution in [2.75, 3.05) is 0 Å². The maximum absolute atomic E-state index is 13.1. The Morgan fingerprint density at radius 1 is 1.43 bits per heavy atom. The van der Waals surface area contributed by atoms with Gasteiger partial charge < -0.3 is 0 Å². The molecule has 0 unspecified atom stereocenters. The van der Waals surface area contributed by atoms with E-state index in [1.807, 2.05) is 0 Å². The van der Waals surface area contributed by atoms with Crippen molar-refractivity contribution in [2.45, 2.75) is 0 Å². The summed E-state index contributed by atoms with van der Waals surface area (Å²) in [5.41, 5.74) is -0.731. The van der Waals surface area contributed by atoms with Gasteiger partial charge in [0.15, 0.2) is 0 Å². The Labute approximate surface area is 91.8 Å². The third kappa shape index (κ3) is 2.29. The third-order valence-corrected chi connectivity index (χ3v) is 1.92. The van der Waals surface area contributed by atoms with Crippen molar-refractivity contribution in [3.8, 4) is 0 Å². The minimum atomic E-state index is -1.08. The highest BCUT2D eigenvalue weighted by Gasteiger charge is 2.17. The monoisotopic (exact) mass is 277 g/mol. The minimum absolute atomic E-state index is 0.204. The van der Waals surface area contributed by atoms with Gasteiger partial charge in [-0.2, -0.15) is 4.99 Å². The average Bonchev–Trinajstić information content (AvgIpc) is 2.01. The van der Waals surface area contributed by atoms with Crippen LogP contribution in [0, 0.1) is 11.6 Å². The van der Waals surface area contributed by atoms with Gasteiger partial charge in [0, 0.05) is 4.47 Å². The van der Waals surface area contributed by atoms with Crippen LogP contribution in [0.2, 0.25) is 0 Å². The van der Waals surface area contributed by atoms with Crippen LogP contribution in [-0.2, 0) is 0 Å². The van der Waals surface area contributed by atoms with Crippen molar-refractivity contribution in [3.63, 3.8) is 0 Å². The van der Waals surface area contributed by atoms with Crippen LogP contribution >= 0.6 is 28.1 Å². The second-order valence-electron chi connectivity index (χ2n) is 2.25. The maximum Gasteiger partial charge on any atom is 0.291 e. The molecule has 0 spiro atoms. The van der Waals surface area contributed by atoms with Gasteiger partial charge in [-0.25, -0.2) is 8.78 Å². The van der Waals surface area contributed by atoms with Crippen LogP contribution in [0.4, 0.5) is 8.78 Å². The molecule has 0 aliphatic carbocycles. The van der Waals surface area contributed by atoms with E-state index in [-0.39, 0.29) is 4.47 Å². The summed E-state index contributed by atoms with van der Waals surface area (Å²) in [7, 11) is 0. The van der Waals surface area contributed by atoms with Crippen LogP contribution in [0.5, 0.6) is 0 Å². The molecule has 6 heteroatoms. The first-order valence-corrected chi connectivity index (χ1v) is 4.53. The molecule has 0 saturated heterocycles. The number of thiocarbonyl (C=S) groups is 1. The number of rotatable bonds is 1. The molecule has 0 aliphatic heterocycles. The first-order chi connectivity index (χ1) is 6.56. The molecule has 14 heavy (non-hydrogen) atoms. The Morgan fingerprint density at radius 3 is 2.36 bits per heavy atom. The molecular formula is C8H2BrF2NOS. The first-order valence-electron chi connectivity index (χ1n) is 3.33. The number of carbonyl (C=O) groups is 1. The number of halogens is 3. The van der Waals surface area contributed by atoms with Gasteiger partial charge >= 0.3 is 0 Å². The Kier molecular flexibility index (Phi) is 3.57. The molecule has 0 saturated carbocycles. The summed E-state index contributed by atoms with van der Waals surface area (Å²) in [6.45, 7) is 0. The predicted octanol–water partition coefficient (Wildman–Crippen LogP) is 2.97. The maximum atomic E-state index is 13.1. The summed E-state index contributed by atoms with van der Waals surface area (Å²) in [5.74, 6) is -3.06. The second kappa shape index (κ2) is 4.50. The quantitative estimate of drug-likeness (QED) is 0.584. The average molecular weight is 278 g/mol. The van der Waals surface area contributed by atoms with Gasteiger partial charge in [0.25, 0.3) is 5.91 Å². The lowest BCUT2D eigenvalue weighted by Gasteiger charge is -1.99. The summed E-state index contributed by atoms with van der Waals surface area (Å²) in [5, 5.41) is 1.75. The van der Waals surface area contributed by atoms with Crippen LogP contribution in [0.25, 0.3) is 0 Å². The Balaban J connectivity index is 3.34. The fourth-order valence-corrected chi connectivity index (χ4v) is 1.33. The van der Waals surface area contributed by atoms with Gasteiger partial charge in [-0.1, -0.05) is 15.9 Å². The molecule has 0 heterocycles. The molecule has 1 aromatic rings. The molecule has 1 aromatic carbocycles. The van der Waals surface area contributed by atoms with Crippen LogP contribution < -0.4 is 0 Å². The zero-order valence-electron chi connectivity index (χ0n) is 6.55. The highest BCUT2D eigenvalue weighted by Crippen LogP contribution is 2.19. The SMILES string of the molecule is O=C(N=C=S)c1c(F)cc(Br)cc1F. The highest BCUT2D eigenvalue weighted by molar-refractivity contribution is 9.10. The number of amides is 1. The number of aliphatic imine (C=N–C) groups is 1. The molecule has 0 atom stereocenters. The summed E-state index contributed by atoms with van der Waals surface area (Å²) >= 11 is 7.03. The standard InChI is InChI=1S/C8H2BrF2NOS/c9-4-1-5(10)7(6(11)2-4)8(13)12-3-14/h1-2H. The molecular weight excluding hydrogens is 276 g/mol. The number of hydrogen-bond donors (Lipinski definition) is 0. The molecule has 0 aliphatic rings. The fourth-order valence-electron chi connectivity index (χ4n) is 0.844. The van der Waals surface area contributed by atoms with Crippen molar-refractivity contribution >= 4 is 39.2 Å². The summed E-state index contributed by atoms with van der Waals surface area (Å²) in [6, 6.07) is 1.93. The van der Waals surface area contributed by atoms with Gasteiger partial charge in [0.1, 0.15) is 17.2 Å². The van der Waals surface area contributed by atoms with Crippen molar-refractivity contribution < 1.29 is 13.6 Å². The molecule has 1 rings (SSSR count). The van der Waals surface area contributed by atoms with E-state index in [0.717, 1.165) is 12.1 Å². The van der Waals surface area contributed by atoms with E-state index in [9.17, 15) is 13.6 Å². The summed E-state index contributed by atoms with van der Waals surface area (Å²) in [6.07, 6.45) is 0.